The van der Waals surface area contributed by atoms with E-state index in [-0.39, 0.29) is 16.3 Å². The number of nitro groups is 1. The molecule has 0 amide bonds. The molecule has 7 nitrogen and oxygen atoms in total. The molecule has 0 spiro atoms. The van der Waals surface area contributed by atoms with E-state index < -0.39 is 20.4 Å². The molecule has 0 aromatic heterocycles. The number of sulfone groups is 1. The topological polar surface area (TPSA) is 129 Å². The van der Waals surface area contributed by atoms with Crippen LogP contribution in [0.5, 0.6) is 0 Å². The Kier molecular flexibility index (Phi) is 2.54. The zero-order valence-corrected chi connectivity index (χ0v) is 8.61. The monoisotopic (exact) mass is 231 g/mol. The Morgan fingerprint density at radius 2 is 1.80 bits per heavy atom. The first-order valence-corrected chi connectivity index (χ1v) is 5.66. The Bertz CT molecular complexity index is 523. The van der Waals surface area contributed by atoms with Gasteiger partial charge in [0.2, 0.25) is 0 Å². The molecule has 0 saturated carbocycles. The molecule has 0 aliphatic rings. The van der Waals surface area contributed by atoms with E-state index in [4.69, 9.17) is 11.5 Å². The fraction of sp³-hybridized carbons (Fsp3) is 0.143. The molecular formula is C7H9N3O4S. The van der Waals surface area contributed by atoms with Crippen molar-refractivity contribution in [2.45, 2.75) is 4.90 Å². The first-order valence-electron chi connectivity index (χ1n) is 3.77. The number of hydrogen-bond donors (Lipinski definition) is 2. The van der Waals surface area contributed by atoms with E-state index >= 15 is 0 Å². The summed E-state index contributed by atoms with van der Waals surface area (Å²) in [4.78, 5) is 9.53. The predicted molar refractivity (Wildman–Crippen MR) is 55.0 cm³/mol. The quantitative estimate of drug-likeness (QED) is 0.423. The lowest BCUT2D eigenvalue weighted by atomic mass is 10.2. The normalized spacial score (nSPS) is 11.3. The van der Waals surface area contributed by atoms with E-state index in [2.05, 4.69) is 0 Å². The van der Waals surface area contributed by atoms with E-state index in [9.17, 15) is 18.5 Å². The molecule has 0 aliphatic heterocycles. The van der Waals surface area contributed by atoms with Gasteiger partial charge < -0.3 is 11.5 Å². The Hall–Kier alpha value is -1.83. The number of nitro benzene ring substituents is 1. The SMILES string of the molecule is CS(=O)(=O)c1cc(N)c([N+](=O)[O-])cc1N. The van der Waals surface area contributed by atoms with Gasteiger partial charge in [0.15, 0.2) is 9.84 Å². The maximum atomic E-state index is 11.2. The third kappa shape index (κ3) is 2.15. The molecule has 4 N–H and O–H groups in total. The highest BCUT2D eigenvalue weighted by atomic mass is 32.2. The second-order valence-electron chi connectivity index (χ2n) is 2.98. The number of nitrogens with two attached hydrogens (primary N) is 2. The molecule has 1 aromatic carbocycles. The van der Waals surface area contributed by atoms with Crippen molar-refractivity contribution in [1.82, 2.24) is 0 Å². The van der Waals surface area contributed by atoms with Gasteiger partial charge in [-0.15, -0.1) is 0 Å². The van der Waals surface area contributed by atoms with E-state index in [1.54, 1.807) is 0 Å². The van der Waals surface area contributed by atoms with Gasteiger partial charge in [-0.2, -0.15) is 0 Å². The fourth-order valence-electron chi connectivity index (χ4n) is 1.08. The summed E-state index contributed by atoms with van der Waals surface area (Å²) in [6, 6.07) is 1.93. The van der Waals surface area contributed by atoms with Gasteiger partial charge in [-0.3, -0.25) is 10.1 Å². The second kappa shape index (κ2) is 3.39. The molecule has 0 aliphatic carbocycles. The Morgan fingerprint density at radius 1 is 1.27 bits per heavy atom. The summed E-state index contributed by atoms with van der Waals surface area (Å²) in [6.07, 6.45) is 0.948. The maximum absolute atomic E-state index is 11.2. The Balaban J connectivity index is 3.52. The third-order valence-corrected chi connectivity index (χ3v) is 2.91. The molecule has 0 unspecified atom stereocenters. The van der Waals surface area contributed by atoms with Crippen molar-refractivity contribution in [3.8, 4) is 0 Å². The number of anilines is 2. The predicted octanol–water partition coefficient (Wildman–Crippen LogP) is 0.163. The van der Waals surface area contributed by atoms with E-state index in [1.807, 2.05) is 0 Å². The zero-order valence-electron chi connectivity index (χ0n) is 7.80. The van der Waals surface area contributed by atoms with E-state index in [1.165, 1.54) is 0 Å². The first-order chi connectivity index (χ1) is 6.73. The third-order valence-electron chi connectivity index (χ3n) is 1.76. The van der Waals surface area contributed by atoms with Crippen LogP contribution in [-0.4, -0.2) is 19.6 Å². The van der Waals surface area contributed by atoms with Crippen molar-refractivity contribution in [3.63, 3.8) is 0 Å². The molecule has 0 radical (unpaired) electrons. The number of nitrogens with zero attached hydrogens (tertiary/aromatic N) is 1. The minimum Gasteiger partial charge on any atom is -0.397 e. The van der Waals surface area contributed by atoms with Gasteiger partial charge in [-0.25, -0.2) is 8.42 Å². The molecule has 0 atom stereocenters. The molecular weight excluding hydrogens is 222 g/mol. The number of hydrogen-bond acceptors (Lipinski definition) is 6. The molecule has 15 heavy (non-hydrogen) atoms. The second-order valence-corrected chi connectivity index (χ2v) is 4.96. The van der Waals surface area contributed by atoms with Crippen LogP contribution in [0.1, 0.15) is 0 Å². The molecule has 1 aromatic rings. The molecule has 0 heterocycles. The van der Waals surface area contributed by atoms with Gasteiger partial charge in [-0.05, 0) is 6.07 Å². The standard InChI is InChI=1S/C7H9N3O4S/c1-15(13,14)7-3-4(8)6(10(11)12)2-5(7)9/h2-3H,8-9H2,1H3. The average Bonchev–Trinajstić information content (AvgIpc) is 2.06. The zero-order chi connectivity index (χ0) is 11.8. The largest absolute Gasteiger partial charge is 0.397 e. The van der Waals surface area contributed by atoms with Crippen LogP contribution >= 0.6 is 0 Å². The van der Waals surface area contributed by atoms with E-state index in [0.717, 1.165) is 18.4 Å². The molecule has 0 bridgehead atoms. The number of benzene rings is 1. The van der Waals surface area contributed by atoms with Crippen LogP contribution in [0.4, 0.5) is 17.1 Å². The van der Waals surface area contributed by atoms with Crippen molar-refractivity contribution in [1.29, 1.82) is 0 Å². The molecule has 82 valence electrons. The lowest BCUT2D eigenvalue weighted by Gasteiger charge is -2.04. The first kappa shape index (κ1) is 11.2. The fourth-order valence-corrected chi connectivity index (χ4v) is 1.91. The summed E-state index contributed by atoms with van der Waals surface area (Å²) in [5.41, 5.74) is 9.89. The van der Waals surface area contributed by atoms with Crippen LogP contribution in [0.15, 0.2) is 17.0 Å². The lowest BCUT2D eigenvalue weighted by Crippen LogP contribution is -2.05. The van der Waals surface area contributed by atoms with Gasteiger partial charge in [0.25, 0.3) is 5.69 Å². The highest BCUT2D eigenvalue weighted by molar-refractivity contribution is 7.90. The van der Waals surface area contributed by atoms with Crippen LogP contribution in [0, 0.1) is 10.1 Å². The van der Waals surface area contributed by atoms with Crippen molar-refractivity contribution < 1.29 is 13.3 Å². The molecule has 0 saturated heterocycles. The van der Waals surface area contributed by atoms with Gasteiger partial charge in [0.1, 0.15) is 5.69 Å². The lowest BCUT2D eigenvalue weighted by molar-refractivity contribution is -0.383. The van der Waals surface area contributed by atoms with Crippen LogP contribution in [0.3, 0.4) is 0 Å². The van der Waals surface area contributed by atoms with Gasteiger partial charge in [0, 0.05) is 12.3 Å². The molecule has 8 heteroatoms. The minimum atomic E-state index is -3.53. The van der Waals surface area contributed by atoms with Crippen molar-refractivity contribution >= 4 is 26.9 Å². The summed E-state index contributed by atoms with van der Waals surface area (Å²) < 4.78 is 22.4. The molecule has 0 fully saturated rings. The van der Waals surface area contributed by atoms with Gasteiger partial charge >= 0.3 is 0 Å². The summed E-state index contributed by atoms with van der Waals surface area (Å²) in [5, 5.41) is 10.5. The summed E-state index contributed by atoms with van der Waals surface area (Å²) in [5.74, 6) is 0. The Labute approximate surface area is 85.8 Å². The highest BCUT2D eigenvalue weighted by Gasteiger charge is 2.19. The minimum absolute atomic E-state index is 0.182. The summed E-state index contributed by atoms with van der Waals surface area (Å²) in [7, 11) is -3.53. The van der Waals surface area contributed by atoms with Gasteiger partial charge in [-0.1, -0.05) is 0 Å². The maximum Gasteiger partial charge on any atom is 0.294 e. The van der Waals surface area contributed by atoms with Crippen LogP contribution < -0.4 is 11.5 Å². The smallest absolute Gasteiger partial charge is 0.294 e. The summed E-state index contributed by atoms with van der Waals surface area (Å²) in [6.45, 7) is 0. The van der Waals surface area contributed by atoms with Crippen molar-refractivity contribution in [3.05, 3.63) is 22.2 Å². The van der Waals surface area contributed by atoms with Crippen LogP contribution in [0.2, 0.25) is 0 Å². The van der Waals surface area contributed by atoms with Crippen molar-refractivity contribution in [2.75, 3.05) is 17.7 Å². The Morgan fingerprint density at radius 3 is 2.20 bits per heavy atom. The number of rotatable bonds is 2. The number of nitrogen functional groups attached to an aromatic ring is 2. The summed E-state index contributed by atoms with van der Waals surface area (Å²) >= 11 is 0. The highest BCUT2D eigenvalue weighted by Crippen LogP contribution is 2.29. The van der Waals surface area contributed by atoms with Crippen molar-refractivity contribution in [2.24, 2.45) is 0 Å². The van der Waals surface area contributed by atoms with Crippen LogP contribution in [-0.2, 0) is 9.84 Å². The average molecular weight is 231 g/mol. The van der Waals surface area contributed by atoms with E-state index in [0.29, 0.717) is 0 Å². The molecule has 1 rings (SSSR count). The van der Waals surface area contributed by atoms with Gasteiger partial charge in [0.05, 0.1) is 15.5 Å². The van der Waals surface area contributed by atoms with Crippen LogP contribution in [0.25, 0.3) is 0 Å².